The van der Waals surface area contributed by atoms with E-state index in [2.05, 4.69) is 21.3 Å². The lowest BCUT2D eigenvalue weighted by atomic mass is 9.93. The van der Waals surface area contributed by atoms with Crippen LogP contribution in [0.4, 0.5) is 0 Å². The van der Waals surface area contributed by atoms with Gasteiger partial charge in [0.2, 0.25) is 23.6 Å². The highest BCUT2D eigenvalue weighted by atomic mass is 16.8. The summed E-state index contributed by atoms with van der Waals surface area (Å²) in [4.78, 5) is 53.1. The van der Waals surface area contributed by atoms with Crippen molar-refractivity contribution in [1.29, 1.82) is 0 Å². The standard InChI is InChI=1S/C80H134N4O59/c1-17-37(97)48(108)55(115)74(123-17)142-67-51(111)40(100)24(8-86)127-79(67)138-62-28(12-90)130-71(34(45(62)105)82-20(4)94)122-16-32-43(103)66(59(119)78(134-32)137-64-26(10-88)125-69(120)54(114)53(64)113)141-72-35(83-21(5)95)46(106)61(29(13-91)131-72)136-77-58(118)65(42(102)31(133-77)15-121-70-33(81-19(3)93)44(104)60(27(11-89)129-70)135-76-57(117)50(110)39(99)23(7-85)126-76)140-73-36(84-22(6)96)47(107)63(30(14-92)132-73)139-80-68(52(112)41(101)25(9-87)128-80)143-75-56(116)49(109)38(98)18(2)124-75/h17-18,23-80,85-92,97-120H,7-16H2,1-6H3,(H,81,93)(H,82,94)(H,83,95)(H,84,96)/t17-,18-,23+,24+,25+,26+,27+,28+,29+,30+,31+,32+,33+,34+,35+,36+,37+,38+,39-,40-,41-,42-,43-,44+,45+,46+,47+,48+,49+,50-,51-,52-,53+,54+,55-,56-,57+,58+,59+,60+,61+,62+,63+,64+,65-,66-,67+,68+,69?,70+,71+,72-,73-,74-,75-,76-,77-,78-,79-,80-/m0/s1. The van der Waals surface area contributed by atoms with Crippen LogP contribution in [0.3, 0.4) is 0 Å². The zero-order valence-electron chi connectivity index (χ0n) is 77.0. The van der Waals surface area contributed by atoms with E-state index in [0.717, 1.165) is 27.7 Å². The molecule has 63 heteroatoms. The van der Waals surface area contributed by atoms with Crippen molar-refractivity contribution in [2.75, 3.05) is 66.1 Å². The minimum absolute atomic E-state index is 0.855. The number of nitrogens with one attached hydrogen (secondary N) is 4. The molecule has 36 N–H and O–H groups in total. The molecular formula is C80H134N4O59. The van der Waals surface area contributed by atoms with Gasteiger partial charge < -0.3 is 294 Å². The molecule has 143 heavy (non-hydrogen) atoms. The van der Waals surface area contributed by atoms with Gasteiger partial charge in [-0.05, 0) is 13.8 Å². The van der Waals surface area contributed by atoms with E-state index in [1.165, 1.54) is 13.8 Å². The summed E-state index contributed by atoms with van der Waals surface area (Å²) < 4.78 is 137. The SMILES string of the molecule is CC(=O)N[C@H]1[C@H](OC[C@H]2O[C@@H](O[C@H]3[C@H](O)[C@@H](NC(C)=O)[C@H](O[C@H]4[C@@H](O)[C@@H](CO[C@@H]5O[C@H](CO)[C@@H](O[C@@H]6O[C@H](CO)[C@H](O)[C@H](O)[C@H]6O[C@@H]6O[C@@H](C)[C@@H](O)[C@@H](O)[C@@H]6O)[C@H](O)[C@H]5NC(C)=O)O[C@@H](O[C@H]5[C@H](O)[C@@H](O)C(O)O[C@@H]5CO)[C@@H]4O)O[C@@H]3CO)[C@H](O)[C@@H](O[C@@H]3O[C@H](CO)[C@@H](O[C@@H]4O[C@H](CO)[C@H](O)[C@H](O)[C@H]4O[C@@H]4O[C@@H](C)[C@@H](O)[C@@H](O)[C@@H]4O)[C@H](O)[C@H]3NC(C)=O)[C@H]2O)O[C@H](CO)[C@@H](O[C@@H]2O[C@H](CO)[C@H](O)[C@H](O)[C@H]2O)[C@@H]1O. The molecule has 0 spiro atoms. The van der Waals surface area contributed by atoms with Gasteiger partial charge in [0.1, 0.15) is 281 Å². The third-order valence-electron chi connectivity index (χ3n) is 26.6. The van der Waals surface area contributed by atoms with Crippen molar-refractivity contribution in [2.24, 2.45) is 0 Å². The van der Waals surface area contributed by atoms with Crippen LogP contribution >= 0.6 is 0 Å². The van der Waals surface area contributed by atoms with Crippen LogP contribution in [-0.2, 0) is 128 Å². The van der Waals surface area contributed by atoms with Gasteiger partial charge in [-0.1, -0.05) is 0 Å². The number of hydrogen-bond donors (Lipinski definition) is 36. The van der Waals surface area contributed by atoms with Crippen molar-refractivity contribution in [1.82, 2.24) is 21.3 Å². The van der Waals surface area contributed by atoms with Gasteiger partial charge in [-0.15, -0.1) is 0 Å². The van der Waals surface area contributed by atoms with Gasteiger partial charge in [0, 0.05) is 27.7 Å². The predicted molar refractivity (Wildman–Crippen MR) is 439 cm³/mol. The fourth-order valence-electron chi connectivity index (χ4n) is 18.7. The summed E-state index contributed by atoms with van der Waals surface area (Å²) in [5.74, 6) is -4.04. The number of ether oxygens (including phenoxy) is 23. The van der Waals surface area contributed by atoms with Crippen LogP contribution in [0.2, 0.25) is 0 Å². The minimum atomic E-state index is -2.63. The molecule has 0 saturated carbocycles. The van der Waals surface area contributed by atoms with Crippen molar-refractivity contribution in [3.63, 3.8) is 0 Å². The Morgan fingerprint density at radius 1 is 0.196 bits per heavy atom. The number of hydrogen-bond acceptors (Lipinski definition) is 59. The number of rotatable bonds is 36. The summed E-state index contributed by atoms with van der Waals surface area (Å²) in [6, 6.07) is -8.11. The number of aliphatic hydroxyl groups is 32. The summed E-state index contributed by atoms with van der Waals surface area (Å²) >= 11 is 0. The van der Waals surface area contributed by atoms with E-state index >= 15 is 0 Å². The second-order valence-corrected chi connectivity index (χ2v) is 36.6. The summed E-state index contributed by atoms with van der Waals surface area (Å²) in [5.41, 5.74) is 0. The second kappa shape index (κ2) is 51.0. The molecule has 12 aliphatic rings. The molecule has 12 heterocycles. The largest absolute Gasteiger partial charge is 0.394 e. The molecule has 0 radical (unpaired) electrons. The highest BCUT2D eigenvalue weighted by molar-refractivity contribution is 5.74. The van der Waals surface area contributed by atoms with Gasteiger partial charge in [0.15, 0.2) is 75.5 Å². The Kier molecular flexibility index (Phi) is 41.8. The maximum atomic E-state index is 13.6. The lowest BCUT2D eigenvalue weighted by Crippen LogP contribution is -2.71. The first kappa shape index (κ1) is 117. The van der Waals surface area contributed by atoms with Crippen LogP contribution in [0.25, 0.3) is 0 Å². The van der Waals surface area contributed by atoms with E-state index in [0.29, 0.717) is 0 Å². The Hall–Kier alpha value is -4.32. The predicted octanol–water partition coefficient (Wildman–Crippen LogP) is -24.5. The van der Waals surface area contributed by atoms with Crippen LogP contribution in [0.15, 0.2) is 0 Å². The van der Waals surface area contributed by atoms with E-state index in [4.69, 9.17) is 109 Å². The van der Waals surface area contributed by atoms with E-state index in [1.54, 1.807) is 0 Å². The second-order valence-electron chi connectivity index (χ2n) is 36.6. The molecule has 12 fully saturated rings. The monoisotopic (exact) mass is 2090 g/mol. The molecule has 0 aromatic heterocycles. The molecule has 12 saturated heterocycles. The van der Waals surface area contributed by atoms with Crippen LogP contribution < -0.4 is 21.3 Å². The Morgan fingerprint density at radius 3 is 0.720 bits per heavy atom. The lowest BCUT2D eigenvalue weighted by Gasteiger charge is -2.51. The number of carbonyl (C=O) groups excluding carboxylic acids is 4. The summed E-state index contributed by atoms with van der Waals surface area (Å²) in [7, 11) is 0. The van der Waals surface area contributed by atoms with Gasteiger partial charge >= 0.3 is 0 Å². The Balaban J connectivity index is 0.840. The molecule has 12 rings (SSSR count). The third kappa shape index (κ3) is 25.8. The molecule has 12 aliphatic heterocycles. The zero-order valence-corrected chi connectivity index (χ0v) is 77.0. The highest BCUT2D eigenvalue weighted by Gasteiger charge is 2.64. The third-order valence-corrected chi connectivity index (χ3v) is 26.6. The zero-order chi connectivity index (χ0) is 105. The van der Waals surface area contributed by atoms with Crippen LogP contribution in [-0.4, -0.2) is 621 Å². The van der Waals surface area contributed by atoms with E-state index in [1.807, 2.05) is 0 Å². The first-order valence-electron chi connectivity index (χ1n) is 45.9. The van der Waals surface area contributed by atoms with Crippen LogP contribution in [0, 0.1) is 0 Å². The van der Waals surface area contributed by atoms with Gasteiger partial charge in [-0.3, -0.25) is 19.2 Å². The van der Waals surface area contributed by atoms with Crippen molar-refractivity contribution < 1.29 is 292 Å². The number of amides is 4. The van der Waals surface area contributed by atoms with Gasteiger partial charge in [0.05, 0.1) is 78.3 Å². The summed E-state index contributed by atoms with van der Waals surface area (Å²) in [6.45, 7) is -5.34. The first-order chi connectivity index (χ1) is 67.6. The molecule has 0 aromatic rings. The average Bonchev–Trinajstić information content (AvgIpc) is 0.763. The van der Waals surface area contributed by atoms with Crippen LogP contribution in [0.5, 0.6) is 0 Å². The average molecular weight is 2100 g/mol. The molecule has 4 amide bonds. The highest BCUT2D eigenvalue weighted by Crippen LogP contribution is 2.43. The molecule has 0 bridgehead atoms. The van der Waals surface area contributed by atoms with E-state index in [-0.39, 0.29) is 0 Å². The molecule has 63 nitrogen and oxygen atoms in total. The Bertz CT molecular complexity index is 3960. The molecule has 0 aliphatic carbocycles. The minimum Gasteiger partial charge on any atom is -0.394 e. The van der Waals surface area contributed by atoms with Gasteiger partial charge in [-0.25, -0.2) is 0 Å². The fraction of sp³-hybridized carbons (Fsp3) is 0.950. The lowest BCUT2D eigenvalue weighted by molar-refractivity contribution is -0.395. The molecule has 60 atom stereocenters. The molecule has 1 unspecified atom stereocenters. The molecule has 0 aromatic carbocycles. The Labute approximate surface area is 809 Å². The van der Waals surface area contributed by atoms with Crippen LogP contribution in [0.1, 0.15) is 41.5 Å². The van der Waals surface area contributed by atoms with E-state index < -0.39 is 458 Å². The first-order valence-corrected chi connectivity index (χ1v) is 45.9. The Morgan fingerprint density at radius 2 is 0.413 bits per heavy atom. The number of carbonyl (C=O) groups is 4. The summed E-state index contributed by atoms with van der Waals surface area (Å²) in [6.07, 6.45) is -117. The smallest absolute Gasteiger partial charge is 0.217 e. The molecular weight excluding hydrogens is 1960 g/mol. The maximum absolute atomic E-state index is 13.6. The van der Waals surface area contributed by atoms with Crippen molar-refractivity contribution in [3.8, 4) is 0 Å². The van der Waals surface area contributed by atoms with Gasteiger partial charge in [0.25, 0.3) is 0 Å². The van der Waals surface area contributed by atoms with Gasteiger partial charge in [-0.2, -0.15) is 0 Å². The normalized spacial score (nSPS) is 50.7. The fourth-order valence-corrected chi connectivity index (χ4v) is 18.7. The summed E-state index contributed by atoms with van der Waals surface area (Å²) in [5, 5.41) is 369. The van der Waals surface area contributed by atoms with Crippen molar-refractivity contribution in [3.05, 3.63) is 0 Å². The quantitative estimate of drug-likeness (QED) is 0.0277. The maximum Gasteiger partial charge on any atom is 0.217 e. The van der Waals surface area contributed by atoms with Crippen molar-refractivity contribution >= 4 is 23.6 Å². The van der Waals surface area contributed by atoms with Crippen molar-refractivity contribution in [2.45, 2.75) is 410 Å². The molecule has 828 valence electrons. The topological polar surface area (TPSA) is 976 Å². The van der Waals surface area contributed by atoms with E-state index in [9.17, 15) is 183 Å². The number of aliphatic hydroxyl groups excluding tert-OH is 32.